The van der Waals surface area contributed by atoms with Crippen molar-refractivity contribution in [2.45, 2.75) is 65.9 Å². The fraction of sp³-hybridized carbons (Fsp3) is 0.684. The van der Waals surface area contributed by atoms with Gasteiger partial charge in [0.05, 0.1) is 19.8 Å². The quantitative estimate of drug-likeness (QED) is 0.677. The lowest BCUT2D eigenvalue weighted by molar-refractivity contribution is 0.0560. The number of aliphatic hydroxyl groups is 1. The third kappa shape index (κ3) is 6.27. The highest BCUT2D eigenvalue weighted by molar-refractivity contribution is 5.43. The Bertz CT molecular complexity index is 435. The van der Waals surface area contributed by atoms with Crippen LogP contribution < -0.4 is 9.47 Å². The first kappa shape index (κ1) is 18.8. The van der Waals surface area contributed by atoms with Crippen molar-refractivity contribution in [2.24, 2.45) is 5.41 Å². The summed E-state index contributed by atoms with van der Waals surface area (Å²) >= 11 is 0. The van der Waals surface area contributed by atoms with Gasteiger partial charge in [0, 0.05) is 0 Å². The van der Waals surface area contributed by atoms with Gasteiger partial charge < -0.3 is 14.6 Å². The highest BCUT2D eigenvalue weighted by Gasteiger charge is 2.21. The van der Waals surface area contributed by atoms with Crippen molar-refractivity contribution in [2.75, 3.05) is 13.7 Å². The Morgan fingerprint density at radius 1 is 1.14 bits per heavy atom. The molecule has 1 aromatic rings. The number of aliphatic hydroxyl groups excluding tert-OH is 1. The number of benzene rings is 1. The zero-order valence-electron chi connectivity index (χ0n) is 14.8. The van der Waals surface area contributed by atoms with E-state index in [0.29, 0.717) is 0 Å². The molecule has 1 aromatic carbocycles. The highest BCUT2D eigenvalue weighted by Crippen LogP contribution is 2.30. The van der Waals surface area contributed by atoms with E-state index in [1.165, 1.54) is 18.4 Å². The molecule has 0 aromatic heterocycles. The van der Waals surface area contributed by atoms with E-state index in [1.807, 2.05) is 12.1 Å². The minimum atomic E-state index is -0.302. The van der Waals surface area contributed by atoms with E-state index >= 15 is 0 Å². The predicted octanol–water partition coefficient (Wildman–Crippen LogP) is 4.60. The number of aryl methyl sites for hydroxylation is 1. The second-order valence-electron chi connectivity index (χ2n) is 6.96. The number of hydrogen-bond acceptors (Lipinski definition) is 3. The van der Waals surface area contributed by atoms with Gasteiger partial charge in [0.15, 0.2) is 11.5 Å². The normalized spacial score (nSPS) is 13.0. The van der Waals surface area contributed by atoms with Crippen LogP contribution in [-0.2, 0) is 6.42 Å². The van der Waals surface area contributed by atoms with Crippen LogP contribution in [0.15, 0.2) is 18.2 Å². The average Bonchev–Trinajstić information content (AvgIpc) is 2.48. The van der Waals surface area contributed by atoms with E-state index in [2.05, 4.69) is 33.8 Å². The largest absolute Gasteiger partial charge is 0.493 e. The molecule has 0 aliphatic rings. The SMILES string of the molecule is CCCCCOc1ccc(CCC(O)C(C)(C)C)cc1OC. The van der Waals surface area contributed by atoms with E-state index in [0.717, 1.165) is 37.4 Å². The van der Waals surface area contributed by atoms with Crippen molar-refractivity contribution >= 4 is 0 Å². The van der Waals surface area contributed by atoms with Crippen LogP contribution in [0.25, 0.3) is 0 Å². The monoisotopic (exact) mass is 308 g/mol. The number of hydrogen-bond donors (Lipinski definition) is 1. The first-order chi connectivity index (χ1) is 10.4. The fourth-order valence-corrected chi connectivity index (χ4v) is 2.26. The number of rotatable bonds is 9. The van der Waals surface area contributed by atoms with Crippen molar-refractivity contribution < 1.29 is 14.6 Å². The van der Waals surface area contributed by atoms with Gasteiger partial charge in [-0.05, 0) is 42.4 Å². The van der Waals surface area contributed by atoms with Crippen LogP contribution in [0.4, 0.5) is 0 Å². The Morgan fingerprint density at radius 3 is 2.45 bits per heavy atom. The molecular weight excluding hydrogens is 276 g/mol. The molecule has 0 saturated heterocycles. The lowest BCUT2D eigenvalue weighted by Crippen LogP contribution is -2.26. The van der Waals surface area contributed by atoms with Gasteiger partial charge >= 0.3 is 0 Å². The highest BCUT2D eigenvalue weighted by atomic mass is 16.5. The summed E-state index contributed by atoms with van der Waals surface area (Å²) in [6, 6.07) is 6.06. The molecule has 3 heteroatoms. The molecule has 0 radical (unpaired) electrons. The lowest BCUT2D eigenvalue weighted by Gasteiger charge is -2.25. The van der Waals surface area contributed by atoms with Crippen LogP contribution in [0.1, 0.15) is 58.9 Å². The summed E-state index contributed by atoms with van der Waals surface area (Å²) in [5.41, 5.74) is 1.09. The predicted molar refractivity (Wildman–Crippen MR) is 91.8 cm³/mol. The molecular formula is C19H32O3. The summed E-state index contributed by atoms with van der Waals surface area (Å²) < 4.78 is 11.2. The van der Waals surface area contributed by atoms with Crippen molar-refractivity contribution in [1.29, 1.82) is 0 Å². The molecule has 0 aliphatic heterocycles. The second-order valence-corrected chi connectivity index (χ2v) is 6.96. The molecule has 0 aliphatic carbocycles. The first-order valence-electron chi connectivity index (χ1n) is 8.36. The summed E-state index contributed by atoms with van der Waals surface area (Å²) in [5.74, 6) is 1.58. The van der Waals surface area contributed by atoms with Gasteiger partial charge in [-0.25, -0.2) is 0 Å². The number of methoxy groups -OCH3 is 1. The third-order valence-corrected chi connectivity index (χ3v) is 3.94. The molecule has 0 saturated carbocycles. The third-order valence-electron chi connectivity index (χ3n) is 3.94. The maximum absolute atomic E-state index is 10.1. The van der Waals surface area contributed by atoms with Gasteiger partial charge in [-0.15, -0.1) is 0 Å². The Balaban J connectivity index is 2.60. The molecule has 0 bridgehead atoms. The lowest BCUT2D eigenvalue weighted by atomic mass is 9.86. The smallest absolute Gasteiger partial charge is 0.161 e. The Morgan fingerprint density at radius 2 is 1.86 bits per heavy atom. The average molecular weight is 308 g/mol. The van der Waals surface area contributed by atoms with Crippen LogP contribution in [0.5, 0.6) is 11.5 Å². The molecule has 1 rings (SSSR count). The molecule has 126 valence electrons. The molecule has 0 amide bonds. The molecule has 0 heterocycles. The van der Waals surface area contributed by atoms with E-state index in [4.69, 9.17) is 9.47 Å². The summed E-state index contributed by atoms with van der Waals surface area (Å²) in [6.07, 6.45) is 4.73. The molecule has 3 nitrogen and oxygen atoms in total. The van der Waals surface area contributed by atoms with Gasteiger partial charge in [0.25, 0.3) is 0 Å². The van der Waals surface area contributed by atoms with Gasteiger partial charge in [-0.3, -0.25) is 0 Å². The zero-order valence-corrected chi connectivity index (χ0v) is 14.8. The van der Waals surface area contributed by atoms with Gasteiger partial charge in [0.2, 0.25) is 0 Å². The van der Waals surface area contributed by atoms with Crippen LogP contribution in [-0.4, -0.2) is 24.9 Å². The number of ether oxygens (including phenoxy) is 2. The van der Waals surface area contributed by atoms with Gasteiger partial charge in [-0.1, -0.05) is 46.6 Å². The van der Waals surface area contributed by atoms with E-state index in [9.17, 15) is 5.11 Å². The zero-order chi connectivity index (χ0) is 16.6. The minimum absolute atomic E-state index is 0.0770. The molecule has 1 N–H and O–H groups in total. The summed E-state index contributed by atoms with van der Waals surface area (Å²) in [6.45, 7) is 9.09. The molecule has 1 atom stereocenters. The molecule has 1 unspecified atom stereocenters. The van der Waals surface area contributed by atoms with Gasteiger partial charge in [0.1, 0.15) is 0 Å². The fourth-order valence-electron chi connectivity index (χ4n) is 2.26. The van der Waals surface area contributed by atoms with Crippen LogP contribution in [0, 0.1) is 5.41 Å². The maximum atomic E-state index is 10.1. The Labute approximate surface area is 135 Å². The minimum Gasteiger partial charge on any atom is -0.493 e. The molecule has 0 fully saturated rings. The first-order valence-corrected chi connectivity index (χ1v) is 8.36. The van der Waals surface area contributed by atoms with Crippen molar-refractivity contribution in [1.82, 2.24) is 0 Å². The topological polar surface area (TPSA) is 38.7 Å². The summed E-state index contributed by atoms with van der Waals surface area (Å²) in [4.78, 5) is 0. The Kier molecular flexibility index (Phi) is 7.74. The molecule has 22 heavy (non-hydrogen) atoms. The second kappa shape index (κ2) is 9.04. The molecule has 0 spiro atoms. The standard InChI is InChI=1S/C19H32O3/c1-6-7-8-13-22-16-11-9-15(14-17(16)21-5)10-12-18(20)19(2,3)4/h9,11,14,18,20H,6-8,10,12-13H2,1-5H3. The van der Waals surface area contributed by atoms with Crippen molar-refractivity contribution in [3.8, 4) is 11.5 Å². The van der Waals surface area contributed by atoms with E-state index in [1.54, 1.807) is 7.11 Å². The summed E-state index contributed by atoms with van der Waals surface area (Å²) in [7, 11) is 1.67. The van der Waals surface area contributed by atoms with E-state index < -0.39 is 0 Å². The van der Waals surface area contributed by atoms with E-state index in [-0.39, 0.29) is 11.5 Å². The maximum Gasteiger partial charge on any atom is 0.161 e. The van der Waals surface area contributed by atoms with Crippen molar-refractivity contribution in [3.05, 3.63) is 23.8 Å². The van der Waals surface area contributed by atoms with Crippen LogP contribution in [0.2, 0.25) is 0 Å². The Hall–Kier alpha value is -1.22. The van der Waals surface area contributed by atoms with Crippen LogP contribution in [0.3, 0.4) is 0 Å². The summed E-state index contributed by atoms with van der Waals surface area (Å²) in [5, 5.41) is 10.1. The van der Waals surface area contributed by atoms with Gasteiger partial charge in [-0.2, -0.15) is 0 Å². The number of unbranched alkanes of at least 4 members (excludes halogenated alkanes) is 2. The van der Waals surface area contributed by atoms with Crippen LogP contribution >= 0.6 is 0 Å². The van der Waals surface area contributed by atoms with Crippen molar-refractivity contribution in [3.63, 3.8) is 0 Å².